The van der Waals surface area contributed by atoms with Crippen LogP contribution in [0.5, 0.6) is 0 Å². The molecule has 0 spiro atoms. The third kappa shape index (κ3) is 2.04. The van der Waals surface area contributed by atoms with Crippen LogP contribution in [0, 0.1) is 6.92 Å². The second kappa shape index (κ2) is 4.75. The zero-order valence-corrected chi connectivity index (χ0v) is 11.1. The van der Waals surface area contributed by atoms with E-state index in [4.69, 9.17) is 11.6 Å². The van der Waals surface area contributed by atoms with E-state index in [2.05, 4.69) is 21.8 Å². The fourth-order valence-electron chi connectivity index (χ4n) is 2.54. The summed E-state index contributed by atoms with van der Waals surface area (Å²) in [6.07, 6.45) is 6.22. The number of halogens is 1. The fraction of sp³-hybridized carbons (Fsp3) is 0.357. The highest BCUT2D eigenvalue weighted by Gasteiger charge is 2.20. The lowest BCUT2D eigenvalue weighted by atomic mass is 10.1. The molecule has 2 heterocycles. The molecule has 94 valence electrons. The summed E-state index contributed by atoms with van der Waals surface area (Å²) in [6, 6.07) is 6.37. The van der Waals surface area contributed by atoms with Gasteiger partial charge < -0.3 is 9.88 Å². The molecule has 0 unspecified atom stereocenters. The topological polar surface area (TPSA) is 29.9 Å². The van der Waals surface area contributed by atoms with E-state index in [-0.39, 0.29) is 0 Å². The SMILES string of the molecule is Cc1ccc(Cl)cc1-n1cncc1[C@@H]1CCCN1. The van der Waals surface area contributed by atoms with Gasteiger partial charge >= 0.3 is 0 Å². The van der Waals surface area contributed by atoms with E-state index in [0.29, 0.717) is 6.04 Å². The van der Waals surface area contributed by atoms with Crippen molar-refractivity contribution in [2.24, 2.45) is 0 Å². The smallest absolute Gasteiger partial charge is 0.0994 e. The molecular weight excluding hydrogens is 246 g/mol. The van der Waals surface area contributed by atoms with Gasteiger partial charge in [0.1, 0.15) is 0 Å². The summed E-state index contributed by atoms with van der Waals surface area (Å²) in [5, 5.41) is 4.27. The van der Waals surface area contributed by atoms with Crippen molar-refractivity contribution in [3.8, 4) is 5.69 Å². The van der Waals surface area contributed by atoms with E-state index in [1.54, 1.807) is 0 Å². The van der Waals surface area contributed by atoms with E-state index >= 15 is 0 Å². The van der Waals surface area contributed by atoms with Crippen molar-refractivity contribution in [1.82, 2.24) is 14.9 Å². The van der Waals surface area contributed by atoms with Crippen LogP contribution in [-0.2, 0) is 0 Å². The van der Waals surface area contributed by atoms with Gasteiger partial charge in [0.05, 0.1) is 23.9 Å². The van der Waals surface area contributed by atoms with E-state index in [1.165, 1.54) is 24.1 Å². The highest BCUT2D eigenvalue weighted by Crippen LogP contribution is 2.27. The van der Waals surface area contributed by atoms with Crippen LogP contribution >= 0.6 is 11.6 Å². The minimum absolute atomic E-state index is 0.408. The van der Waals surface area contributed by atoms with Crippen LogP contribution in [0.2, 0.25) is 5.02 Å². The Kier molecular flexibility index (Phi) is 3.10. The Labute approximate surface area is 112 Å². The molecule has 2 aromatic rings. The van der Waals surface area contributed by atoms with Crippen LogP contribution in [0.25, 0.3) is 5.69 Å². The number of benzene rings is 1. The largest absolute Gasteiger partial charge is 0.309 e. The van der Waals surface area contributed by atoms with Crippen molar-refractivity contribution >= 4 is 11.6 Å². The highest BCUT2D eigenvalue weighted by atomic mass is 35.5. The molecule has 3 nitrogen and oxygen atoms in total. The normalized spacial score (nSPS) is 19.3. The Balaban J connectivity index is 2.06. The van der Waals surface area contributed by atoms with Gasteiger partial charge in [-0.2, -0.15) is 0 Å². The number of imidazole rings is 1. The zero-order chi connectivity index (χ0) is 12.5. The van der Waals surface area contributed by atoms with Crippen LogP contribution in [0.1, 0.15) is 30.1 Å². The first kappa shape index (κ1) is 11.8. The number of rotatable bonds is 2. The van der Waals surface area contributed by atoms with Gasteiger partial charge in [-0.25, -0.2) is 4.98 Å². The monoisotopic (exact) mass is 261 g/mol. The molecule has 18 heavy (non-hydrogen) atoms. The van der Waals surface area contributed by atoms with Crippen LogP contribution in [0.3, 0.4) is 0 Å². The molecule has 1 aromatic heterocycles. The van der Waals surface area contributed by atoms with Crippen LogP contribution < -0.4 is 5.32 Å². The summed E-state index contributed by atoms with van der Waals surface area (Å²) < 4.78 is 2.14. The summed E-state index contributed by atoms with van der Waals surface area (Å²) in [6.45, 7) is 3.18. The number of nitrogens with one attached hydrogen (secondary N) is 1. The molecule has 1 saturated heterocycles. The maximum Gasteiger partial charge on any atom is 0.0994 e. The van der Waals surface area contributed by atoms with Gasteiger partial charge in [0.25, 0.3) is 0 Å². The first-order valence-electron chi connectivity index (χ1n) is 6.28. The second-order valence-corrected chi connectivity index (χ2v) is 5.20. The second-order valence-electron chi connectivity index (χ2n) is 4.77. The molecule has 0 amide bonds. The Bertz CT molecular complexity index is 556. The van der Waals surface area contributed by atoms with E-state index in [9.17, 15) is 0 Å². The molecule has 1 atom stereocenters. The van der Waals surface area contributed by atoms with Crippen molar-refractivity contribution in [3.05, 3.63) is 47.0 Å². The van der Waals surface area contributed by atoms with E-state index in [1.807, 2.05) is 30.7 Å². The van der Waals surface area contributed by atoms with Crippen LogP contribution in [0.4, 0.5) is 0 Å². The van der Waals surface area contributed by atoms with Crippen molar-refractivity contribution in [2.45, 2.75) is 25.8 Å². The molecular formula is C14H16ClN3. The van der Waals surface area contributed by atoms with Crippen LogP contribution in [-0.4, -0.2) is 16.1 Å². The molecule has 0 radical (unpaired) electrons. The van der Waals surface area contributed by atoms with Crippen LogP contribution in [0.15, 0.2) is 30.7 Å². The van der Waals surface area contributed by atoms with Gasteiger partial charge in [-0.1, -0.05) is 17.7 Å². The van der Waals surface area contributed by atoms with Crippen molar-refractivity contribution in [2.75, 3.05) is 6.54 Å². The van der Waals surface area contributed by atoms with Gasteiger partial charge in [0, 0.05) is 11.1 Å². The summed E-state index contributed by atoms with van der Waals surface area (Å²) in [7, 11) is 0. The van der Waals surface area contributed by atoms with Gasteiger partial charge in [-0.05, 0) is 44.0 Å². The number of hydrogen-bond acceptors (Lipinski definition) is 2. The number of hydrogen-bond donors (Lipinski definition) is 1. The Hall–Kier alpha value is -1.32. The van der Waals surface area contributed by atoms with Crippen molar-refractivity contribution < 1.29 is 0 Å². The zero-order valence-electron chi connectivity index (χ0n) is 10.4. The Morgan fingerprint density at radius 1 is 1.44 bits per heavy atom. The maximum atomic E-state index is 6.10. The fourth-order valence-corrected chi connectivity index (χ4v) is 2.71. The predicted molar refractivity (Wildman–Crippen MR) is 73.3 cm³/mol. The third-order valence-electron chi connectivity index (χ3n) is 3.52. The minimum atomic E-state index is 0.408. The molecule has 1 N–H and O–H groups in total. The van der Waals surface area contributed by atoms with Gasteiger partial charge in [-0.15, -0.1) is 0 Å². The molecule has 0 aliphatic carbocycles. The minimum Gasteiger partial charge on any atom is -0.309 e. The number of aryl methyl sites for hydroxylation is 1. The Morgan fingerprint density at radius 3 is 3.11 bits per heavy atom. The first-order valence-corrected chi connectivity index (χ1v) is 6.65. The van der Waals surface area contributed by atoms with Crippen molar-refractivity contribution in [3.63, 3.8) is 0 Å². The van der Waals surface area contributed by atoms with Crippen molar-refractivity contribution in [1.29, 1.82) is 0 Å². The lowest BCUT2D eigenvalue weighted by Crippen LogP contribution is -2.16. The summed E-state index contributed by atoms with van der Waals surface area (Å²) in [5.74, 6) is 0. The lowest BCUT2D eigenvalue weighted by Gasteiger charge is -2.15. The summed E-state index contributed by atoms with van der Waals surface area (Å²) in [5.41, 5.74) is 3.54. The molecule has 1 aliphatic heterocycles. The molecule has 3 rings (SSSR count). The van der Waals surface area contributed by atoms with E-state index < -0.39 is 0 Å². The average molecular weight is 262 g/mol. The van der Waals surface area contributed by atoms with Gasteiger partial charge in [0.15, 0.2) is 0 Å². The summed E-state index contributed by atoms with van der Waals surface area (Å²) in [4.78, 5) is 4.29. The van der Waals surface area contributed by atoms with Gasteiger partial charge in [0.2, 0.25) is 0 Å². The standard InChI is InChI=1S/C14H16ClN3/c1-10-4-5-11(15)7-13(10)18-9-16-8-14(18)12-3-2-6-17-12/h4-5,7-9,12,17H,2-3,6H2,1H3/t12-/m0/s1. The lowest BCUT2D eigenvalue weighted by molar-refractivity contribution is 0.615. The quantitative estimate of drug-likeness (QED) is 0.899. The number of nitrogens with zero attached hydrogens (tertiary/aromatic N) is 2. The molecule has 1 aromatic carbocycles. The molecule has 1 fully saturated rings. The third-order valence-corrected chi connectivity index (χ3v) is 3.75. The average Bonchev–Trinajstić information content (AvgIpc) is 3.00. The maximum absolute atomic E-state index is 6.10. The summed E-state index contributed by atoms with van der Waals surface area (Å²) >= 11 is 6.10. The molecule has 4 heteroatoms. The predicted octanol–water partition coefficient (Wildman–Crippen LogP) is 3.26. The first-order chi connectivity index (χ1) is 8.75. The number of aromatic nitrogens is 2. The highest BCUT2D eigenvalue weighted by molar-refractivity contribution is 6.30. The molecule has 0 bridgehead atoms. The molecule has 0 saturated carbocycles. The van der Waals surface area contributed by atoms with E-state index in [0.717, 1.165) is 17.3 Å². The Morgan fingerprint density at radius 2 is 2.33 bits per heavy atom. The molecule has 1 aliphatic rings. The van der Waals surface area contributed by atoms with Gasteiger partial charge in [-0.3, -0.25) is 0 Å².